The fraction of sp³-hybridized carbons (Fsp3) is 0.174. The first-order valence-corrected chi connectivity index (χ1v) is 13.1. The molecule has 0 fully saturated rings. The van der Waals surface area contributed by atoms with Crippen molar-refractivity contribution in [1.29, 1.82) is 0 Å². The monoisotopic (exact) mass is 529 g/mol. The summed E-state index contributed by atoms with van der Waals surface area (Å²) in [6, 6.07) is 17.9. The normalized spacial score (nSPS) is 11.6. The van der Waals surface area contributed by atoms with Crippen molar-refractivity contribution in [2.45, 2.75) is 24.8 Å². The van der Waals surface area contributed by atoms with Gasteiger partial charge in [0.05, 0.1) is 33.1 Å². The van der Waals surface area contributed by atoms with Crippen LogP contribution in [0.3, 0.4) is 0 Å². The third kappa shape index (κ3) is 5.23. The first-order valence-electron chi connectivity index (χ1n) is 9.88. The summed E-state index contributed by atoms with van der Waals surface area (Å²) in [7, 11) is -3.58. The molecule has 0 atom stereocenters. The third-order valence-electron chi connectivity index (χ3n) is 4.88. The Morgan fingerprint density at radius 2 is 1.88 bits per heavy atom. The molecule has 0 aliphatic heterocycles. The quantitative estimate of drug-likeness (QED) is 0.330. The second-order valence-corrected chi connectivity index (χ2v) is 11.3. The first-order chi connectivity index (χ1) is 15.3. The molecule has 0 unspecified atom stereocenters. The Balaban J connectivity index is 1.60. The van der Waals surface area contributed by atoms with Gasteiger partial charge in [0.2, 0.25) is 5.91 Å². The number of pyridine rings is 1. The fourth-order valence-electron chi connectivity index (χ4n) is 3.14. The van der Waals surface area contributed by atoms with Crippen molar-refractivity contribution in [3.63, 3.8) is 0 Å². The molecule has 2 aromatic carbocycles. The highest BCUT2D eigenvalue weighted by atomic mass is 79.9. The molecule has 0 saturated heterocycles. The molecule has 0 radical (unpaired) electrons. The minimum Gasteiger partial charge on any atom is -0.282 e. The van der Waals surface area contributed by atoms with Crippen LogP contribution in [0, 0.1) is 6.92 Å². The molecule has 9 heteroatoms. The maximum absolute atomic E-state index is 13.2. The number of carbonyl (C=O) groups is 1. The summed E-state index contributed by atoms with van der Waals surface area (Å²) >= 11 is 4.84. The van der Waals surface area contributed by atoms with E-state index in [-0.39, 0.29) is 29.5 Å². The molecule has 4 rings (SSSR count). The number of sulfone groups is 1. The van der Waals surface area contributed by atoms with E-state index in [0.29, 0.717) is 10.8 Å². The van der Waals surface area contributed by atoms with Crippen molar-refractivity contribution in [1.82, 2.24) is 9.97 Å². The van der Waals surface area contributed by atoms with Gasteiger partial charge in [0, 0.05) is 17.1 Å². The summed E-state index contributed by atoms with van der Waals surface area (Å²) in [5, 5.41) is 0.515. The molecule has 0 saturated carbocycles. The predicted octanol–water partition coefficient (Wildman–Crippen LogP) is 5.16. The Bertz CT molecular complexity index is 1350. The zero-order chi connectivity index (χ0) is 22.7. The van der Waals surface area contributed by atoms with E-state index in [4.69, 9.17) is 0 Å². The second kappa shape index (κ2) is 9.48. The van der Waals surface area contributed by atoms with Crippen molar-refractivity contribution < 1.29 is 13.2 Å². The van der Waals surface area contributed by atoms with Crippen LogP contribution in [0.4, 0.5) is 5.13 Å². The highest BCUT2D eigenvalue weighted by Gasteiger charge is 2.24. The number of aryl methyl sites for hydroxylation is 1. The maximum Gasteiger partial charge on any atom is 0.230 e. The number of hydrogen-bond donors (Lipinski definition) is 0. The van der Waals surface area contributed by atoms with Crippen molar-refractivity contribution in [3.8, 4) is 0 Å². The number of amides is 1. The number of carbonyl (C=O) groups excluding carboxylic acids is 1. The number of hydrogen-bond acceptors (Lipinski definition) is 6. The summed E-state index contributed by atoms with van der Waals surface area (Å²) in [6.07, 6.45) is 1.51. The molecule has 1 amide bonds. The molecule has 0 bridgehead atoms. The molecule has 0 N–H and O–H groups in total. The second-order valence-electron chi connectivity index (χ2n) is 7.29. The van der Waals surface area contributed by atoms with Gasteiger partial charge in [0.25, 0.3) is 0 Å². The lowest BCUT2D eigenvalue weighted by atomic mass is 10.2. The Morgan fingerprint density at radius 1 is 1.09 bits per heavy atom. The first kappa shape index (κ1) is 22.6. The average Bonchev–Trinajstić information content (AvgIpc) is 3.19. The van der Waals surface area contributed by atoms with Crippen LogP contribution in [0.2, 0.25) is 0 Å². The number of fused-ring (bicyclic) bond motifs is 1. The van der Waals surface area contributed by atoms with Gasteiger partial charge in [-0.1, -0.05) is 51.0 Å². The van der Waals surface area contributed by atoms with Crippen LogP contribution in [0.15, 0.2) is 76.2 Å². The van der Waals surface area contributed by atoms with Gasteiger partial charge >= 0.3 is 0 Å². The number of anilines is 1. The largest absolute Gasteiger partial charge is 0.282 e. The van der Waals surface area contributed by atoms with E-state index in [1.165, 1.54) is 16.2 Å². The molecule has 2 aromatic heterocycles. The lowest BCUT2D eigenvalue weighted by Crippen LogP contribution is -2.32. The summed E-state index contributed by atoms with van der Waals surface area (Å²) in [6.45, 7) is 2.11. The number of benzene rings is 2. The van der Waals surface area contributed by atoms with Gasteiger partial charge in [0.15, 0.2) is 15.0 Å². The van der Waals surface area contributed by atoms with Gasteiger partial charge in [-0.15, -0.1) is 0 Å². The van der Waals surface area contributed by atoms with E-state index in [2.05, 4.69) is 25.9 Å². The Morgan fingerprint density at radius 3 is 2.59 bits per heavy atom. The van der Waals surface area contributed by atoms with E-state index < -0.39 is 9.84 Å². The molecule has 164 valence electrons. The SMILES string of the molecule is Cc1ccc(S(=O)(=O)CCC(=O)N(Cc2ccccn2)c2nc3ccc(Br)cc3s2)cc1. The van der Waals surface area contributed by atoms with Crippen molar-refractivity contribution >= 4 is 58.4 Å². The summed E-state index contributed by atoms with van der Waals surface area (Å²) in [4.78, 5) is 23.9. The van der Waals surface area contributed by atoms with E-state index >= 15 is 0 Å². The van der Waals surface area contributed by atoms with E-state index in [0.717, 1.165) is 20.3 Å². The molecule has 0 aliphatic carbocycles. The highest BCUT2D eigenvalue weighted by Crippen LogP contribution is 2.32. The number of rotatable bonds is 7. The topological polar surface area (TPSA) is 80.2 Å². The molecule has 2 heterocycles. The Hall–Kier alpha value is -2.62. The third-order valence-corrected chi connectivity index (χ3v) is 8.15. The van der Waals surface area contributed by atoms with Crippen LogP contribution in [-0.2, 0) is 21.2 Å². The number of halogens is 1. The highest BCUT2D eigenvalue weighted by molar-refractivity contribution is 9.10. The zero-order valence-electron chi connectivity index (χ0n) is 17.2. The van der Waals surface area contributed by atoms with Gasteiger partial charge in [-0.2, -0.15) is 0 Å². The molecular formula is C23H20BrN3O3S2. The van der Waals surface area contributed by atoms with Gasteiger partial charge in [-0.05, 0) is 49.4 Å². The average molecular weight is 530 g/mol. The molecule has 4 aromatic rings. The molecule has 0 spiro atoms. The molecular weight excluding hydrogens is 510 g/mol. The van der Waals surface area contributed by atoms with Gasteiger partial charge < -0.3 is 0 Å². The van der Waals surface area contributed by atoms with Crippen LogP contribution < -0.4 is 4.90 Å². The summed E-state index contributed by atoms with van der Waals surface area (Å²) in [5.41, 5.74) is 2.45. The van der Waals surface area contributed by atoms with Gasteiger partial charge in [-0.25, -0.2) is 13.4 Å². The maximum atomic E-state index is 13.2. The lowest BCUT2D eigenvalue weighted by molar-refractivity contribution is -0.118. The van der Waals surface area contributed by atoms with Crippen LogP contribution >= 0.6 is 27.3 Å². The standard InChI is InChI=1S/C23H20BrN3O3S2/c1-16-5-8-19(9-6-16)32(29,30)13-11-22(28)27(15-18-4-2-3-12-25-18)23-26-20-10-7-17(24)14-21(20)31-23/h2-10,12,14H,11,13,15H2,1H3. The van der Waals surface area contributed by atoms with Crippen molar-refractivity contribution in [3.05, 3.63) is 82.6 Å². The zero-order valence-corrected chi connectivity index (χ0v) is 20.5. The minimum atomic E-state index is -3.58. The van der Waals surface area contributed by atoms with Gasteiger partial charge in [-0.3, -0.25) is 14.7 Å². The van der Waals surface area contributed by atoms with Crippen LogP contribution in [-0.4, -0.2) is 30.0 Å². The van der Waals surface area contributed by atoms with Crippen LogP contribution in [0.25, 0.3) is 10.2 Å². The Kier molecular flexibility index (Phi) is 6.68. The number of thiazole rings is 1. The molecule has 32 heavy (non-hydrogen) atoms. The minimum absolute atomic E-state index is 0.150. The lowest BCUT2D eigenvalue weighted by Gasteiger charge is -2.19. The predicted molar refractivity (Wildman–Crippen MR) is 131 cm³/mol. The number of nitrogens with zero attached hydrogens (tertiary/aromatic N) is 3. The smallest absolute Gasteiger partial charge is 0.230 e. The van der Waals surface area contributed by atoms with E-state index in [1.807, 2.05) is 37.3 Å². The summed E-state index contributed by atoms with van der Waals surface area (Å²) < 4.78 is 27.3. The van der Waals surface area contributed by atoms with Crippen LogP contribution in [0.1, 0.15) is 17.7 Å². The van der Waals surface area contributed by atoms with Crippen molar-refractivity contribution in [2.24, 2.45) is 0 Å². The van der Waals surface area contributed by atoms with Gasteiger partial charge in [0.1, 0.15) is 0 Å². The number of aromatic nitrogens is 2. The van der Waals surface area contributed by atoms with E-state index in [9.17, 15) is 13.2 Å². The fourth-order valence-corrected chi connectivity index (χ4v) is 5.90. The van der Waals surface area contributed by atoms with E-state index in [1.54, 1.807) is 36.5 Å². The molecule has 0 aliphatic rings. The Labute approximate surface area is 199 Å². The summed E-state index contributed by atoms with van der Waals surface area (Å²) in [5.74, 6) is -0.589. The van der Waals surface area contributed by atoms with Crippen LogP contribution in [0.5, 0.6) is 0 Å². The van der Waals surface area contributed by atoms with Crippen molar-refractivity contribution in [2.75, 3.05) is 10.7 Å². The molecule has 6 nitrogen and oxygen atoms in total.